The SMILES string of the molecule is CCCCOCCN(CCOc1ccc(CC(OCC)C(=O)O)cc1)C(=O)Nc1ccc(Oc2ccccc2)cc1. The van der Waals surface area contributed by atoms with E-state index in [1.807, 2.05) is 42.5 Å². The zero-order valence-electron chi connectivity index (χ0n) is 23.8. The number of urea groups is 1. The first-order valence-corrected chi connectivity index (χ1v) is 14.0. The van der Waals surface area contributed by atoms with E-state index in [-0.39, 0.29) is 19.1 Å². The Balaban J connectivity index is 1.53. The molecule has 0 fully saturated rings. The lowest BCUT2D eigenvalue weighted by Crippen LogP contribution is -2.40. The van der Waals surface area contributed by atoms with E-state index >= 15 is 0 Å². The van der Waals surface area contributed by atoms with Crippen molar-refractivity contribution in [2.24, 2.45) is 0 Å². The van der Waals surface area contributed by atoms with Gasteiger partial charge in [0.05, 0.1) is 13.2 Å². The fourth-order valence-electron chi connectivity index (χ4n) is 3.90. The van der Waals surface area contributed by atoms with E-state index in [9.17, 15) is 14.7 Å². The largest absolute Gasteiger partial charge is 0.492 e. The number of hydrogen-bond acceptors (Lipinski definition) is 6. The van der Waals surface area contributed by atoms with E-state index in [2.05, 4.69) is 12.2 Å². The molecule has 2 N–H and O–H groups in total. The van der Waals surface area contributed by atoms with Crippen molar-refractivity contribution in [2.45, 2.75) is 39.2 Å². The Morgan fingerprint density at radius 2 is 1.49 bits per heavy atom. The standard InChI is InChI=1S/C32H40N2O7/c1-3-5-21-38-22-19-34(20-23-40-27-15-11-25(12-16-27)24-30(31(35)36)39-4-2)32(37)33-26-13-17-29(18-14-26)41-28-9-7-6-8-10-28/h6-18,30H,3-5,19-24H2,1-2H3,(H,33,37)(H,35,36). The molecule has 0 heterocycles. The summed E-state index contributed by atoms with van der Waals surface area (Å²) in [4.78, 5) is 26.1. The average molecular weight is 565 g/mol. The molecule has 1 atom stereocenters. The second-order valence-corrected chi connectivity index (χ2v) is 9.30. The van der Waals surface area contributed by atoms with E-state index in [0.717, 1.165) is 24.2 Å². The number of carbonyl (C=O) groups is 2. The monoisotopic (exact) mass is 564 g/mol. The highest BCUT2D eigenvalue weighted by Crippen LogP contribution is 2.23. The molecule has 9 heteroatoms. The Hall–Kier alpha value is -4.08. The molecule has 0 spiro atoms. The molecule has 1 unspecified atom stereocenters. The van der Waals surface area contributed by atoms with Gasteiger partial charge in [0.2, 0.25) is 0 Å². The number of aliphatic carboxylic acids is 1. The van der Waals surface area contributed by atoms with E-state index in [1.54, 1.807) is 48.2 Å². The van der Waals surface area contributed by atoms with Gasteiger partial charge >= 0.3 is 12.0 Å². The fourth-order valence-corrected chi connectivity index (χ4v) is 3.90. The summed E-state index contributed by atoms with van der Waals surface area (Å²) in [6.45, 7) is 6.34. The molecular formula is C32H40N2O7. The maximum atomic E-state index is 13.1. The number of nitrogens with one attached hydrogen (secondary N) is 1. The lowest BCUT2D eigenvalue weighted by atomic mass is 10.1. The Morgan fingerprint density at radius 3 is 2.15 bits per heavy atom. The normalized spacial score (nSPS) is 11.5. The van der Waals surface area contributed by atoms with Crippen LogP contribution in [0.4, 0.5) is 10.5 Å². The van der Waals surface area contributed by atoms with Crippen molar-refractivity contribution in [1.82, 2.24) is 4.90 Å². The Labute approximate surface area is 242 Å². The van der Waals surface area contributed by atoms with Gasteiger partial charge in [0, 0.05) is 31.9 Å². The van der Waals surface area contributed by atoms with Crippen LogP contribution in [-0.4, -0.2) is 67.6 Å². The molecule has 0 aromatic heterocycles. The molecular weight excluding hydrogens is 524 g/mol. The van der Waals surface area contributed by atoms with Gasteiger partial charge in [-0.05, 0) is 67.4 Å². The molecule has 3 aromatic rings. The summed E-state index contributed by atoms with van der Waals surface area (Å²) in [6.07, 6.45) is 1.41. The Morgan fingerprint density at radius 1 is 0.829 bits per heavy atom. The quantitative estimate of drug-likeness (QED) is 0.176. The van der Waals surface area contributed by atoms with E-state index < -0.39 is 12.1 Å². The number of carboxylic acids is 1. The second-order valence-electron chi connectivity index (χ2n) is 9.30. The van der Waals surface area contributed by atoms with E-state index in [1.165, 1.54) is 0 Å². The number of hydrogen-bond donors (Lipinski definition) is 2. The predicted molar refractivity (Wildman–Crippen MR) is 158 cm³/mol. The van der Waals surface area contributed by atoms with Crippen LogP contribution >= 0.6 is 0 Å². The first-order chi connectivity index (χ1) is 20.0. The van der Waals surface area contributed by atoms with Crippen molar-refractivity contribution in [3.05, 3.63) is 84.4 Å². The van der Waals surface area contributed by atoms with Crippen LogP contribution in [0.5, 0.6) is 17.2 Å². The first kappa shape index (κ1) is 31.4. The van der Waals surface area contributed by atoms with E-state index in [0.29, 0.717) is 50.1 Å². The number of rotatable bonds is 18. The van der Waals surface area contributed by atoms with Crippen molar-refractivity contribution in [2.75, 3.05) is 44.8 Å². The molecule has 0 aliphatic heterocycles. The molecule has 0 radical (unpaired) electrons. The van der Waals surface area contributed by atoms with Gasteiger partial charge in [-0.25, -0.2) is 9.59 Å². The number of carboxylic acid groups (broad SMARTS) is 1. The summed E-state index contributed by atoms with van der Waals surface area (Å²) in [7, 11) is 0. The zero-order valence-corrected chi connectivity index (χ0v) is 23.8. The van der Waals surface area contributed by atoms with Gasteiger partial charge < -0.3 is 34.3 Å². The summed E-state index contributed by atoms with van der Waals surface area (Å²) >= 11 is 0. The highest BCUT2D eigenvalue weighted by molar-refractivity contribution is 5.89. The third-order valence-corrected chi connectivity index (χ3v) is 6.14. The maximum Gasteiger partial charge on any atom is 0.333 e. The first-order valence-electron chi connectivity index (χ1n) is 14.0. The van der Waals surface area contributed by atoms with Gasteiger partial charge in [-0.15, -0.1) is 0 Å². The molecule has 0 aliphatic carbocycles. The lowest BCUT2D eigenvalue weighted by molar-refractivity contribution is -0.149. The molecule has 9 nitrogen and oxygen atoms in total. The van der Waals surface area contributed by atoms with Crippen LogP contribution in [0.3, 0.4) is 0 Å². The van der Waals surface area contributed by atoms with Gasteiger partial charge in [0.15, 0.2) is 6.10 Å². The number of nitrogens with zero attached hydrogens (tertiary/aromatic N) is 1. The fraction of sp³-hybridized carbons (Fsp3) is 0.375. The Kier molecular flexibility index (Phi) is 13.5. The predicted octanol–water partition coefficient (Wildman–Crippen LogP) is 6.24. The summed E-state index contributed by atoms with van der Waals surface area (Å²) in [5, 5.41) is 12.2. The highest BCUT2D eigenvalue weighted by atomic mass is 16.5. The van der Waals surface area contributed by atoms with Crippen LogP contribution in [0, 0.1) is 0 Å². The summed E-state index contributed by atoms with van der Waals surface area (Å²) < 4.78 is 22.7. The van der Waals surface area contributed by atoms with Crippen molar-refractivity contribution in [3.8, 4) is 17.2 Å². The molecule has 3 rings (SSSR count). The van der Waals surface area contributed by atoms with Crippen LogP contribution in [0.2, 0.25) is 0 Å². The highest BCUT2D eigenvalue weighted by Gasteiger charge is 2.18. The number of unbranched alkanes of at least 4 members (excludes halogenated alkanes) is 1. The van der Waals surface area contributed by atoms with Gasteiger partial charge in [-0.3, -0.25) is 0 Å². The minimum Gasteiger partial charge on any atom is -0.492 e. The molecule has 2 amide bonds. The third-order valence-electron chi connectivity index (χ3n) is 6.14. The number of amides is 2. The van der Waals surface area contributed by atoms with E-state index in [4.69, 9.17) is 18.9 Å². The Bertz CT molecular complexity index is 1170. The molecule has 0 saturated heterocycles. The lowest BCUT2D eigenvalue weighted by Gasteiger charge is -2.23. The van der Waals surface area contributed by atoms with Crippen molar-refractivity contribution in [1.29, 1.82) is 0 Å². The number of anilines is 1. The number of benzene rings is 3. The topological polar surface area (TPSA) is 107 Å². The number of para-hydroxylation sites is 1. The molecule has 220 valence electrons. The van der Waals surface area contributed by atoms with Crippen molar-refractivity contribution >= 4 is 17.7 Å². The molecule has 0 aliphatic rings. The van der Waals surface area contributed by atoms with Gasteiger partial charge in [0.1, 0.15) is 23.9 Å². The van der Waals surface area contributed by atoms with Gasteiger partial charge in [0.25, 0.3) is 0 Å². The summed E-state index contributed by atoms with van der Waals surface area (Å²) in [5.41, 5.74) is 1.49. The summed E-state index contributed by atoms with van der Waals surface area (Å²) in [6, 6.07) is 23.7. The number of ether oxygens (including phenoxy) is 4. The van der Waals surface area contributed by atoms with Crippen molar-refractivity contribution in [3.63, 3.8) is 0 Å². The number of carbonyl (C=O) groups excluding carboxylic acids is 1. The third kappa shape index (κ3) is 11.5. The van der Waals surface area contributed by atoms with Gasteiger partial charge in [-0.2, -0.15) is 0 Å². The van der Waals surface area contributed by atoms with Crippen LogP contribution in [0.15, 0.2) is 78.9 Å². The summed E-state index contributed by atoms with van der Waals surface area (Å²) in [5.74, 6) is 1.06. The molecule has 0 bridgehead atoms. The minimum absolute atomic E-state index is 0.254. The zero-order chi connectivity index (χ0) is 29.3. The minimum atomic E-state index is -0.985. The van der Waals surface area contributed by atoms with Crippen LogP contribution in [0.1, 0.15) is 32.3 Å². The average Bonchev–Trinajstić information content (AvgIpc) is 2.98. The smallest absolute Gasteiger partial charge is 0.333 e. The van der Waals surface area contributed by atoms with Crippen LogP contribution < -0.4 is 14.8 Å². The molecule has 41 heavy (non-hydrogen) atoms. The van der Waals surface area contributed by atoms with Crippen molar-refractivity contribution < 1.29 is 33.6 Å². The molecule has 3 aromatic carbocycles. The van der Waals surface area contributed by atoms with Crippen LogP contribution in [-0.2, 0) is 20.7 Å². The molecule has 0 saturated carbocycles. The van der Waals surface area contributed by atoms with Gasteiger partial charge in [-0.1, -0.05) is 43.7 Å². The maximum absolute atomic E-state index is 13.1. The second kappa shape index (κ2) is 17.6. The van der Waals surface area contributed by atoms with Crippen LogP contribution in [0.25, 0.3) is 0 Å².